The van der Waals surface area contributed by atoms with Gasteiger partial charge in [0.15, 0.2) is 0 Å². The van der Waals surface area contributed by atoms with Crippen molar-refractivity contribution < 1.29 is 4.74 Å². The third-order valence-corrected chi connectivity index (χ3v) is 3.80. The number of aromatic nitrogens is 1. The van der Waals surface area contributed by atoms with E-state index in [4.69, 9.17) is 4.74 Å². The minimum absolute atomic E-state index is 0.133. The van der Waals surface area contributed by atoms with Gasteiger partial charge in [0.05, 0.1) is 16.8 Å². The van der Waals surface area contributed by atoms with E-state index in [1.165, 1.54) is 11.1 Å². The van der Waals surface area contributed by atoms with E-state index in [-0.39, 0.29) is 6.10 Å². The molecule has 1 rings (SSSR count). The van der Waals surface area contributed by atoms with Crippen molar-refractivity contribution >= 4 is 17.4 Å². The number of hydrogen-bond acceptors (Lipinski definition) is 3. The van der Waals surface area contributed by atoms with Crippen molar-refractivity contribution in [2.75, 3.05) is 7.11 Å². The van der Waals surface area contributed by atoms with Gasteiger partial charge >= 0.3 is 0 Å². The van der Waals surface area contributed by atoms with Crippen molar-refractivity contribution in [2.45, 2.75) is 46.6 Å². The quantitative estimate of drug-likeness (QED) is 0.527. The minimum Gasteiger partial charge on any atom is -0.377 e. The van der Waals surface area contributed by atoms with E-state index in [2.05, 4.69) is 49.7 Å². The molecule has 0 aliphatic carbocycles. The normalized spacial score (nSPS) is 14.8. The second kappa shape index (κ2) is 8.28. The number of aryl methyl sites for hydroxylation is 1. The molecule has 106 valence electrons. The molecule has 0 N–H and O–H groups in total. The molecule has 0 bridgehead atoms. The Kier molecular flexibility index (Phi) is 7.03. The van der Waals surface area contributed by atoms with Crippen LogP contribution < -0.4 is 0 Å². The summed E-state index contributed by atoms with van der Waals surface area (Å²) in [5, 5.41) is 3.18. The van der Waals surface area contributed by atoms with Gasteiger partial charge in [-0.2, -0.15) is 13.3 Å². The summed E-state index contributed by atoms with van der Waals surface area (Å²) in [7, 11) is 1.77. The lowest BCUT2D eigenvalue weighted by Gasteiger charge is -2.15. The fourth-order valence-corrected chi connectivity index (χ4v) is 2.52. The fraction of sp³-hybridized carbons (Fsp3) is 0.500. The Morgan fingerprint density at radius 2 is 2.26 bits per heavy atom. The van der Waals surface area contributed by atoms with Gasteiger partial charge in [-0.15, -0.1) is 16.9 Å². The van der Waals surface area contributed by atoms with Gasteiger partial charge in [0.1, 0.15) is 0 Å². The molecule has 1 atom stereocenters. The van der Waals surface area contributed by atoms with Crippen LogP contribution in [0.3, 0.4) is 0 Å². The van der Waals surface area contributed by atoms with E-state index in [0.29, 0.717) is 0 Å². The smallest absolute Gasteiger partial charge is 0.0901 e. The number of hydrogen-bond donors (Lipinski definition) is 0. The van der Waals surface area contributed by atoms with Crippen LogP contribution in [0.2, 0.25) is 0 Å². The second-order valence-corrected chi connectivity index (χ2v) is 5.86. The summed E-state index contributed by atoms with van der Waals surface area (Å²) in [6.45, 7) is 8.38. The minimum atomic E-state index is 0.133. The molecule has 0 amide bonds. The summed E-state index contributed by atoms with van der Waals surface area (Å²) in [6, 6.07) is 0. The molecule has 0 fully saturated rings. The summed E-state index contributed by atoms with van der Waals surface area (Å²) in [6.07, 6.45) is 8.65. The number of ether oxygens (including phenoxy) is 1. The Balaban J connectivity index is 2.68. The summed E-state index contributed by atoms with van der Waals surface area (Å²) < 4.78 is 5.57. The van der Waals surface area contributed by atoms with Gasteiger partial charge in [0.25, 0.3) is 0 Å². The van der Waals surface area contributed by atoms with E-state index in [9.17, 15) is 0 Å². The molecule has 1 heterocycles. The SMILES string of the molecule is C[CH-]C/C(C)=C\C[C@H](OC)/C(C)=C/c1csc(C)n1. The van der Waals surface area contributed by atoms with Crippen LogP contribution in [0.4, 0.5) is 0 Å². The highest BCUT2D eigenvalue weighted by atomic mass is 32.1. The highest BCUT2D eigenvalue weighted by molar-refractivity contribution is 7.09. The molecule has 0 saturated heterocycles. The predicted molar refractivity (Wildman–Crippen MR) is 84.3 cm³/mol. The number of methoxy groups -OCH3 is 1. The lowest BCUT2D eigenvalue weighted by molar-refractivity contribution is 0.135. The zero-order valence-electron chi connectivity index (χ0n) is 12.6. The molecule has 0 unspecified atom stereocenters. The van der Waals surface area contributed by atoms with E-state index in [1.807, 2.05) is 6.92 Å². The summed E-state index contributed by atoms with van der Waals surface area (Å²) in [5.74, 6) is 0. The topological polar surface area (TPSA) is 22.1 Å². The van der Waals surface area contributed by atoms with Crippen LogP contribution in [-0.4, -0.2) is 18.2 Å². The van der Waals surface area contributed by atoms with Crippen LogP contribution >= 0.6 is 11.3 Å². The maximum absolute atomic E-state index is 5.57. The summed E-state index contributed by atoms with van der Waals surface area (Å²) in [4.78, 5) is 4.46. The first-order valence-corrected chi connectivity index (χ1v) is 7.51. The molecular formula is C16H24NOS-. The first kappa shape index (κ1) is 16.1. The van der Waals surface area contributed by atoms with Gasteiger partial charge in [-0.25, -0.2) is 4.98 Å². The highest BCUT2D eigenvalue weighted by Crippen LogP contribution is 2.18. The standard InChI is InChI=1S/C16H24NOS/c1-6-7-12(2)8-9-16(18-5)13(3)10-15-11-19-14(4)17-15/h6,8,10-11,16H,7,9H2,1-5H3/q-1/b12-8-,13-10+/t16-/m0/s1. The first-order valence-electron chi connectivity index (χ1n) is 6.63. The molecule has 3 heteroatoms. The van der Waals surface area contributed by atoms with E-state index in [0.717, 1.165) is 23.5 Å². The second-order valence-electron chi connectivity index (χ2n) is 4.80. The summed E-state index contributed by atoms with van der Waals surface area (Å²) in [5.41, 5.74) is 3.64. The van der Waals surface area contributed by atoms with Gasteiger partial charge < -0.3 is 11.2 Å². The average molecular weight is 278 g/mol. The van der Waals surface area contributed by atoms with Crippen molar-refractivity contribution in [3.05, 3.63) is 39.7 Å². The Labute approximate surface area is 121 Å². The zero-order chi connectivity index (χ0) is 14.3. The molecule has 0 aliphatic heterocycles. The Morgan fingerprint density at radius 1 is 1.53 bits per heavy atom. The van der Waals surface area contributed by atoms with E-state index >= 15 is 0 Å². The third kappa shape index (κ3) is 5.70. The number of nitrogens with zero attached hydrogens (tertiary/aromatic N) is 1. The van der Waals surface area contributed by atoms with E-state index < -0.39 is 0 Å². The third-order valence-electron chi connectivity index (χ3n) is 3.01. The molecule has 1 aromatic heterocycles. The largest absolute Gasteiger partial charge is 0.377 e. The molecule has 2 nitrogen and oxygen atoms in total. The number of thiazole rings is 1. The van der Waals surface area contributed by atoms with Crippen LogP contribution in [0.15, 0.2) is 22.6 Å². The van der Waals surface area contributed by atoms with Crippen LogP contribution in [0, 0.1) is 13.3 Å². The Hall–Kier alpha value is -0.930. The van der Waals surface area contributed by atoms with Gasteiger partial charge in [-0.05, 0) is 38.8 Å². The lowest BCUT2D eigenvalue weighted by atomic mass is 10.0. The maximum Gasteiger partial charge on any atom is 0.0901 e. The van der Waals surface area contributed by atoms with Crippen molar-refractivity contribution in [1.29, 1.82) is 0 Å². The van der Waals surface area contributed by atoms with Crippen LogP contribution in [-0.2, 0) is 4.74 Å². The molecule has 0 radical (unpaired) electrons. The van der Waals surface area contributed by atoms with Crippen molar-refractivity contribution in [2.24, 2.45) is 0 Å². The Morgan fingerprint density at radius 3 is 2.79 bits per heavy atom. The van der Waals surface area contributed by atoms with Crippen molar-refractivity contribution in [3.8, 4) is 0 Å². The van der Waals surface area contributed by atoms with Crippen molar-refractivity contribution in [1.82, 2.24) is 4.98 Å². The van der Waals surface area contributed by atoms with E-state index in [1.54, 1.807) is 18.4 Å². The van der Waals surface area contributed by atoms with Gasteiger partial charge in [-0.3, -0.25) is 0 Å². The van der Waals surface area contributed by atoms with Gasteiger partial charge in [-0.1, -0.05) is 6.08 Å². The highest BCUT2D eigenvalue weighted by Gasteiger charge is 2.08. The molecule has 19 heavy (non-hydrogen) atoms. The number of allylic oxidation sites excluding steroid dienone is 1. The molecule has 1 aromatic rings. The zero-order valence-corrected chi connectivity index (χ0v) is 13.4. The van der Waals surface area contributed by atoms with Gasteiger partial charge in [0, 0.05) is 12.5 Å². The van der Waals surface area contributed by atoms with Gasteiger partial charge in [0.2, 0.25) is 0 Å². The van der Waals surface area contributed by atoms with Crippen molar-refractivity contribution in [3.63, 3.8) is 0 Å². The van der Waals surface area contributed by atoms with Crippen LogP contribution in [0.1, 0.15) is 44.3 Å². The molecule has 0 aliphatic rings. The first-order chi connectivity index (χ1) is 9.06. The number of rotatable bonds is 7. The maximum atomic E-state index is 5.57. The monoisotopic (exact) mass is 278 g/mol. The predicted octanol–water partition coefficient (Wildman–Crippen LogP) is 4.82. The molecular weight excluding hydrogens is 254 g/mol. The summed E-state index contributed by atoms with van der Waals surface area (Å²) >= 11 is 1.68. The molecule has 0 aromatic carbocycles. The molecule has 0 spiro atoms. The molecule has 0 saturated carbocycles. The Bertz CT molecular complexity index is 445. The fourth-order valence-electron chi connectivity index (χ4n) is 1.95. The van der Waals surface area contributed by atoms with Crippen LogP contribution in [0.5, 0.6) is 0 Å². The average Bonchev–Trinajstić information content (AvgIpc) is 2.76. The van der Waals surface area contributed by atoms with Crippen LogP contribution in [0.25, 0.3) is 6.08 Å². The lowest BCUT2D eigenvalue weighted by Crippen LogP contribution is -2.11.